The molecule has 7 atom stereocenters. The average Bonchev–Trinajstić information content (AvgIpc) is 3.21. The van der Waals surface area contributed by atoms with Crippen LogP contribution in [-0.4, -0.2) is 25.0 Å². The van der Waals surface area contributed by atoms with Crippen molar-refractivity contribution in [2.24, 2.45) is 34.5 Å². The van der Waals surface area contributed by atoms with E-state index in [0.29, 0.717) is 17.8 Å². The monoisotopic (exact) mass is 491 g/mol. The first-order valence-corrected chi connectivity index (χ1v) is 13.7. The summed E-state index contributed by atoms with van der Waals surface area (Å²) in [7, 11) is 1.66. The Morgan fingerprint density at radius 3 is 2.53 bits per heavy atom. The number of rotatable bonds is 6. The highest BCUT2D eigenvalue weighted by Crippen LogP contribution is 2.66. The molecule has 1 aromatic carbocycles. The molecule has 4 aliphatic carbocycles. The Morgan fingerprint density at radius 1 is 1.03 bits per heavy atom. The average molecular weight is 492 g/mol. The summed E-state index contributed by atoms with van der Waals surface area (Å²) in [6, 6.07) is 7.72. The molecular formula is C31H41NO4. The van der Waals surface area contributed by atoms with Crippen LogP contribution in [0.1, 0.15) is 72.1 Å². The molecule has 0 amide bonds. The number of hydrogen-bond acceptors (Lipinski definition) is 5. The third-order valence-corrected chi connectivity index (χ3v) is 10.3. The number of ether oxygens (including phenoxy) is 2. The first kappa shape index (κ1) is 25.1. The van der Waals surface area contributed by atoms with Crippen molar-refractivity contribution in [2.75, 3.05) is 12.4 Å². The molecule has 5 rings (SSSR count). The van der Waals surface area contributed by atoms with Gasteiger partial charge in [0, 0.05) is 31.1 Å². The molecule has 3 fully saturated rings. The minimum absolute atomic E-state index is 0.0408. The van der Waals surface area contributed by atoms with E-state index in [1.165, 1.54) is 18.9 Å². The standard InChI is InChI=1S/C31H41NO4/c1-20(33)36-24-13-16-30(2)21(19-24)5-10-25-26-11-12-28(31(26,3)17-14-27(25)30)29(34)15-18-32-22-6-8-23(35-4)9-7-22/h5-9,15,18,24-28,32H,10-14,16-17,19H2,1-4H3/b18-15+/t24-,25+,26+,27+,28-,30+,31+/m1/s1. The van der Waals surface area contributed by atoms with Crippen molar-refractivity contribution in [3.8, 4) is 5.75 Å². The lowest BCUT2D eigenvalue weighted by Gasteiger charge is -2.58. The third kappa shape index (κ3) is 4.39. The molecule has 1 N–H and O–H groups in total. The highest BCUT2D eigenvalue weighted by molar-refractivity contribution is 5.93. The van der Waals surface area contributed by atoms with Gasteiger partial charge in [-0.1, -0.05) is 25.5 Å². The number of esters is 1. The zero-order valence-electron chi connectivity index (χ0n) is 22.2. The van der Waals surface area contributed by atoms with Gasteiger partial charge in [-0.05, 0) is 104 Å². The molecule has 194 valence electrons. The summed E-state index contributed by atoms with van der Waals surface area (Å²) in [6.07, 6.45) is 14.6. The molecule has 4 aliphatic rings. The zero-order chi connectivity index (χ0) is 25.5. The van der Waals surface area contributed by atoms with Gasteiger partial charge in [0.15, 0.2) is 5.78 Å². The molecule has 0 heterocycles. The van der Waals surface area contributed by atoms with E-state index >= 15 is 0 Å². The Morgan fingerprint density at radius 2 is 1.81 bits per heavy atom. The first-order valence-electron chi connectivity index (χ1n) is 13.7. The van der Waals surface area contributed by atoms with Crippen LogP contribution < -0.4 is 10.1 Å². The lowest BCUT2D eigenvalue weighted by molar-refractivity contribution is -0.149. The van der Waals surface area contributed by atoms with Gasteiger partial charge in [0.25, 0.3) is 0 Å². The van der Waals surface area contributed by atoms with Crippen LogP contribution in [0.3, 0.4) is 0 Å². The normalized spacial score (nSPS) is 37.3. The molecule has 0 unspecified atom stereocenters. The molecule has 0 aliphatic heterocycles. The summed E-state index contributed by atoms with van der Waals surface area (Å²) < 4.78 is 10.8. The maximum Gasteiger partial charge on any atom is 0.302 e. The minimum atomic E-state index is -0.166. The smallest absolute Gasteiger partial charge is 0.302 e. The summed E-state index contributed by atoms with van der Waals surface area (Å²) in [5, 5.41) is 3.24. The summed E-state index contributed by atoms with van der Waals surface area (Å²) in [5.74, 6) is 2.96. The fraction of sp³-hybridized carbons (Fsp3) is 0.613. The van der Waals surface area contributed by atoms with Crippen molar-refractivity contribution in [3.05, 3.63) is 48.2 Å². The van der Waals surface area contributed by atoms with Gasteiger partial charge in [0.05, 0.1) is 7.11 Å². The van der Waals surface area contributed by atoms with Gasteiger partial charge in [-0.3, -0.25) is 9.59 Å². The second kappa shape index (κ2) is 9.72. The van der Waals surface area contributed by atoms with E-state index in [-0.39, 0.29) is 34.6 Å². The van der Waals surface area contributed by atoms with Gasteiger partial charge in [0.2, 0.25) is 0 Å². The zero-order valence-corrected chi connectivity index (χ0v) is 22.2. The Kier molecular flexibility index (Phi) is 6.78. The molecule has 0 aromatic heterocycles. The number of ketones is 1. The number of fused-ring (bicyclic) bond motifs is 5. The Hall–Kier alpha value is -2.56. The maximum atomic E-state index is 13.4. The molecule has 3 saturated carbocycles. The Bertz CT molecular complexity index is 1060. The quantitative estimate of drug-likeness (QED) is 0.272. The van der Waals surface area contributed by atoms with Gasteiger partial charge in [-0.25, -0.2) is 0 Å². The van der Waals surface area contributed by atoms with Gasteiger partial charge in [0.1, 0.15) is 11.9 Å². The maximum absolute atomic E-state index is 13.4. The van der Waals surface area contributed by atoms with Crippen LogP contribution in [-0.2, 0) is 14.3 Å². The van der Waals surface area contributed by atoms with Crippen LogP contribution in [0, 0.1) is 34.5 Å². The SMILES string of the molecule is COc1ccc(N/C=C/C(=O)[C@H]2CC[C@H]3[C@@H]4CC=C5C[C@H](OC(C)=O)CC[C@]5(C)[C@H]4CC[C@]23C)cc1. The molecule has 1 aromatic rings. The topological polar surface area (TPSA) is 64.6 Å². The van der Waals surface area contributed by atoms with Crippen LogP contribution >= 0.6 is 0 Å². The third-order valence-electron chi connectivity index (χ3n) is 10.3. The van der Waals surface area contributed by atoms with Crippen molar-refractivity contribution >= 4 is 17.4 Å². The predicted octanol–water partition coefficient (Wildman–Crippen LogP) is 6.70. The second-order valence-corrected chi connectivity index (χ2v) is 12.0. The molecule has 5 nitrogen and oxygen atoms in total. The lowest BCUT2D eigenvalue weighted by Crippen LogP contribution is -2.51. The van der Waals surface area contributed by atoms with Crippen molar-refractivity contribution < 1.29 is 19.1 Å². The molecule has 36 heavy (non-hydrogen) atoms. The fourth-order valence-corrected chi connectivity index (χ4v) is 8.45. The first-order chi connectivity index (χ1) is 17.2. The van der Waals surface area contributed by atoms with Gasteiger partial charge in [-0.2, -0.15) is 0 Å². The number of carbonyl (C=O) groups excluding carboxylic acids is 2. The number of anilines is 1. The van der Waals surface area contributed by atoms with Gasteiger partial charge >= 0.3 is 5.97 Å². The Labute approximate surface area is 215 Å². The van der Waals surface area contributed by atoms with E-state index in [1.807, 2.05) is 24.3 Å². The number of carbonyl (C=O) groups is 2. The molecule has 0 saturated heterocycles. The van der Waals surface area contributed by atoms with Crippen molar-refractivity contribution in [1.82, 2.24) is 0 Å². The number of hydrogen-bond donors (Lipinski definition) is 1. The second-order valence-electron chi connectivity index (χ2n) is 12.0. The molecule has 5 heteroatoms. The fourth-order valence-electron chi connectivity index (χ4n) is 8.45. The van der Waals surface area contributed by atoms with Crippen molar-refractivity contribution in [1.29, 1.82) is 0 Å². The van der Waals surface area contributed by atoms with Crippen LogP contribution in [0.25, 0.3) is 0 Å². The van der Waals surface area contributed by atoms with E-state index in [9.17, 15) is 9.59 Å². The molecular weight excluding hydrogens is 450 g/mol. The number of nitrogens with one attached hydrogen (secondary N) is 1. The largest absolute Gasteiger partial charge is 0.497 e. The molecule has 0 radical (unpaired) electrons. The Balaban J connectivity index is 1.26. The van der Waals surface area contributed by atoms with Crippen molar-refractivity contribution in [3.63, 3.8) is 0 Å². The van der Waals surface area contributed by atoms with E-state index in [0.717, 1.165) is 56.4 Å². The van der Waals surface area contributed by atoms with Crippen LogP contribution in [0.5, 0.6) is 5.75 Å². The highest BCUT2D eigenvalue weighted by Gasteiger charge is 2.59. The van der Waals surface area contributed by atoms with E-state index in [2.05, 4.69) is 25.2 Å². The van der Waals surface area contributed by atoms with Gasteiger partial charge < -0.3 is 14.8 Å². The predicted molar refractivity (Wildman–Crippen MR) is 142 cm³/mol. The number of benzene rings is 1. The van der Waals surface area contributed by atoms with Crippen LogP contribution in [0.4, 0.5) is 5.69 Å². The number of allylic oxidation sites excluding steroid dienone is 2. The molecule has 0 spiro atoms. The lowest BCUT2D eigenvalue weighted by atomic mass is 9.47. The molecule has 0 bridgehead atoms. The summed E-state index contributed by atoms with van der Waals surface area (Å²) in [4.78, 5) is 24.9. The highest BCUT2D eigenvalue weighted by atomic mass is 16.5. The van der Waals surface area contributed by atoms with E-state index in [1.54, 1.807) is 19.4 Å². The van der Waals surface area contributed by atoms with Crippen LogP contribution in [0.2, 0.25) is 0 Å². The van der Waals surface area contributed by atoms with Crippen LogP contribution in [0.15, 0.2) is 48.2 Å². The summed E-state index contributed by atoms with van der Waals surface area (Å²) in [5.41, 5.74) is 2.75. The van der Waals surface area contributed by atoms with E-state index < -0.39 is 0 Å². The number of methoxy groups -OCH3 is 1. The summed E-state index contributed by atoms with van der Waals surface area (Å²) >= 11 is 0. The van der Waals surface area contributed by atoms with Gasteiger partial charge in [-0.15, -0.1) is 0 Å². The van der Waals surface area contributed by atoms with E-state index in [4.69, 9.17) is 9.47 Å². The van der Waals surface area contributed by atoms with Crippen molar-refractivity contribution in [2.45, 2.75) is 78.2 Å². The minimum Gasteiger partial charge on any atom is -0.497 e. The summed E-state index contributed by atoms with van der Waals surface area (Å²) in [6.45, 7) is 6.38.